The van der Waals surface area contributed by atoms with Crippen LogP contribution in [0.15, 0.2) is 33.5 Å². The molecule has 1 aliphatic carbocycles. The first-order chi connectivity index (χ1) is 8.63. The molecular formula is C13H10ClNO3. The minimum absolute atomic E-state index is 0.0433. The molecule has 1 saturated carbocycles. The zero-order chi connectivity index (χ0) is 12.7. The maximum atomic E-state index is 11.9. The van der Waals surface area contributed by atoms with Crippen LogP contribution >= 0.6 is 11.6 Å². The molecule has 18 heavy (non-hydrogen) atoms. The van der Waals surface area contributed by atoms with Crippen LogP contribution in [0.2, 0.25) is 5.02 Å². The smallest absolute Gasteiger partial charge is 0.287 e. The highest BCUT2D eigenvalue weighted by Crippen LogP contribution is 2.20. The second-order valence-corrected chi connectivity index (χ2v) is 4.80. The zero-order valence-electron chi connectivity index (χ0n) is 9.40. The summed E-state index contributed by atoms with van der Waals surface area (Å²) in [5.74, 6) is -0.298. The molecule has 0 radical (unpaired) electrons. The SMILES string of the molecule is O=C(NC1CC1)c1cc(=O)c2cc(Cl)ccc2o1. The number of carbonyl (C=O) groups excluding carboxylic acids is 1. The van der Waals surface area contributed by atoms with Crippen LogP contribution in [-0.2, 0) is 0 Å². The van der Waals surface area contributed by atoms with E-state index in [1.54, 1.807) is 12.1 Å². The number of hydrogen-bond acceptors (Lipinski definition) is 3. The van der Waals surface area contributed by atoms with Crippen molar-refractivity contribution in [2.75, 3.05) is 0 Å². The van der Waals surface area contributed by atoms with Gasteiger partial charge in [0.1, 0.15) is 5.58 Å². The average Bonchev–Trinajstić information content (AvgIpc) is 3.13. The van der Waals surface area contributed by atoms with Gasteiger partial charge in [0, 0.05) is 17.1 Å². The number of benzene rings is 1. The lowest BCUT2D eigenvalue weighted by atomic mass is 10.2. The summed E-state index contributed by atoms with van der Waals surface area (Å²) in [5, 5.41) is 3.62. The third-order valence-corrected chi connectivity index (χ3v) is 3.06. The van der Waals surface area contributed by atoms with Crippen molar-refractivity contribution in [3.05, 3.63) is 45.3 Å². The number of halogens is 1. The van der Waals surface area contributed by atoms with Crippen molar-refractivity contribution in [3.8, 4) is 0 Å². The van der Waals surface area contributed by atoms with E-state index in [1.165, 1.54) is 12.1 Å². The van der Waals surface area contributed by atoms with E-state index in [4.69, 9.17) is 16.0 Å². The van der Waals surface area contributed by atoms with E-state index in [2.05, 4.69) is 5.32 Å². The van der Waals surface area contributed by atoms with E-state index in [0.29, 0.717) is 16.0 Å². The van der Waals surface area contributed by atoms with Gasteiger partial charge in [-0.3, -0.25) is 9.59 Å². The zero-order valence-corrected chi connectivity index (χ0v) is 10.2. The van der Waals surface area contributed by atoms with Gasteiger partial charge < -0.3 is 9.73 Å². The normalized spacial score (nSPS) is 14.7. The predicted molar refractivity (Wildman–Crippen MR) is 68.0 cm³/mol. The van der Waals surface area contributed by atoms with Gasteiger partial charge in [0.2, 0.25) is 0 Å². The third-order valence-electron chi connectivity index (χ3n) is 2.83. The fourth-order valence-electron chi connectivity index (χ4n) is 1.72. The highest BCUT2D eigenvalue weighted by Gasteiger charge is 2.25. The van der Waals surface area contributed by atoms with Gasteiger partial charge in [-0.1, -0.05) is 11.6 Å². The van der Waals surface area contributed by atoms with Crippen LogP contribution in [0.4, 0.5) is 0 Å². The third kappa shape index (κ3) is 2.11. The number of fused-ring (bicyclic) bond motifs is 1. The molecule has 0 saturated heterocycles. The van der Waals surface area contributed by atoms with Gasteiger partial charge in [0.15, 0.2) is 11.2 Å². The number of hydrogen-bond donors (Lipinski definition) is 1. The van der Waals surface area contributed by atoms with Crippen LogP contribution in [0.1, 0.15) is 23.4 Å². The number of nitrogens with one attached hydrogen (secondary N) is 1. The highest BCUT2D eigenvalue weighted by atomic mass is 35.5. The van der Waals surface area contributed by atoms with Gasteiger partial charge >= 0.3 is 0 Å². The Morgan fingerprint density at radius 2 is 2.11 bits per heavy atom. The first-order valence-corrected chi connectivity index (χ1v) is 6.05. The first kappa shape index (κ1) is 11.3. The summed E-state index contributed by atoms with van der Waals surface area (Å²) in [6, 6.07) is 6.17. The van der Waals surface area contributed by atoms with Crippen molar-refractivity contribution in [1.82, 2.24) is 5.32 Å². The molecule has 0 atom stereocenters. The second-order valence-electron chi connectivity index (χ2n) is 4.36. The van der Waals surface area contributed by atoms with Crippen molar-refractivity contribution in [2.45, 2.75) is 18.9 Å². The van der Waals surface area contributed by atoms with Gasteiger partial charge in [-0.15, -0.1) is 0 Å². The monoisotopic (exact) mass is 263 g/mol. The molecule has 5 heteroatoms. The Balaban J connectivity index is 2.06. The van der Waals surface area contributed by atoms with Crippen molar-refractivity contribution < 1.29 is 9.21 Å². The minimum atomic E-state index is -0.341. The fourth-order valence-corrected chi connectivity index (χ4v) is 1.90. The van der Waals surface area contributed by atoms with Gasteiger partial charge in [0.05, 0.1) is 5.39 Å². The Labute approximate surface area is 108 Å². The molecule has 3 rings (SSSR count). The van der Waals surface area contributed by atoms with Gasteiger partial charge in [-0.25, -0.2) is 0 Å². The van der Waals surface area contributed by atoms with Crippen LogP contribution in [0.25, 0.3) is 11.0 Å². The van der Waals surface area contributed by atoms with Crippen LogP contribution in [0.5, 0.6) is 0 Å². The molecule has 4 nitrogen and oxygen atoms in total. The Morgan fingerprint density at radius 3 is 2.83 bits per heavy atom. The van der Waals surface area contributed by atoms with Crippen LogP contribution in [-0.4, -0.2) is 11.9 Å². The van der Waals surface area contributed by atoms with Gasteiger partial charge in [-0.05, 0) is 31.0 Å². The van der Waals surface area contributed by atoms with Gasteiger partial charge in [-0.2, -0.15) is 0 Å². The molecule has 1 heterocycles. The summed E-state index contributed by atoms with van der Waals surface area (Å²) < 4.78 is 5.42. The molecule has 0 unspecified atom stereocenters. The molecule has 92 valence electrons. The maximum absolute atomic E-state index is 11.9. The lowest BCUT2D eigenvalue weighted by Crippen LogP contribution is -2.26. The average molecular weight is 264 g/mol. The Kier molecular flexibility index (Phi) is 2.59. The number of carbonyl (C=O) groups is 1. The topological polar surface area (TPSA) is 59.3 Å². The van der Waals surface area contributed by atoms with Crippen molar-refractivity contribution in [2.24, 2.45) is 0 Å². The number of amides is 1. The number of rotatable bonds is 2. The molecule has 2 aromatic rings. The minimum Gasteiger partial charge on any atom is -0.451 e. The summed E-state index contributed by atoms with van der Waals surface area (Å²) in [4.78, 5) is 23.6. The molecule has 1 N–H and O–H groups in total. The molecule has 1 aromatic carbocycles. The first-order valence-electron chi connectivity index (χ1n) is 5.68. The van der Waals surface area contributed by atoms with E-state index in [0.717, 1.165) is 12.8 Å². The van der Waals surface area contributed by atoms with E-state index in [-0.39, 0.29) is 23.1 Å². The highest BCUT2D eigenvalue weighted by molar-refractivity contribution is 6.31. The molecule has 1 aromatic heterocycles. The van der Waals surface area contributed by atoms with Crippen molar-refractivity contribution in [1.29, 1.82) is 0 Å². The van der Waals surface area contributed by atoms with Crippen LogP contribution < -0.4 is 10.7 Å². The fraction of sp³-hybridized carbons (Fsp3) is 0.231. The molecular weight excluding hydrogens is 254 g/mol. The second kappa shape index (κ2) is 4.14. The summed E-state index contributed by atoms with van der Waals surface area (Å²) in [7, 11) is 0. The standard InChI is InChI=1S/C13H10ClNO3/c14-7-1-4-11-9(5-7)10(16)6-12(18-11)13(17)15-8-2-3-8/h1,4-6,8H,2-3H2,(H,15,17). The molecule has 1 fully saturated rings. The molecule has 0 spiro atoms. The van der Waals surface area contributed by atoms with E-state index >= 15 is 0 Å². The Morgan fingerprint density at radius 1 is 1.33 bits per heavy atom. The van der Waals surface area contributed by atoms with E-state index in [9.17, 15) is 9.59 Å². The van der Waals surface area contributed by atoms with Crippen molar-refractivity contribution >= 4 is 28.5 Å². The van der Waals surface area contributed by atoms with E-state index in [1.807, 2.05) is 0 Å². The molecule has 0 bridgehead atoms. The lowest BCUT2D eigenvalue weighted by Gasteiger charge is -2.03. The molecule has 1 aliphatic rings. The van der Waals surface area contributed by atoms with E-state index < -0.39 is 0 Å². The molecule has 1 amide bonds. The predicted octanol–water partition coefficient (Wildman–Crippen LogP) is 2.34. The molecule has 0 aliphatic heterocycles. The van der Waals surface area contributed by atoms with Crippen molar-refractivity contribution in [3.63, 3.8) is 0 Å². The van der Waals surface area contributed by atoms with Crippen LogP contribution in [0.3, 0.4) is 0 Å². The summed E-state index contributed by atoms with van der Waals surface area (Å²) in [6.45, 7) is 0. The lowest BCUT2D eigenvalue weighted by molar-refractivity contribution is 0.0924. The largest absolute Gasteiger partial charge is 0.451 e. The quantitative estimate of drug-likeness (QED) is 0.905. The Bertz CT molecular complexity index is 688. The summed E-state index contributed by atoms with van der Waals surface area (Å²) in [5.41, 5.74) is 0.104. The summed E-state index contributed by atoms with van der Waals surface area (Å²) >= 11 is 5.81. The van der Waals surface area contributed by atoms with Gasteiger partial charge in [0.25, 0.3) is 5.91 Å². The maximum Gasteiger partial charge on any atom is 0.287 e. The summed E-state index contributed by atoms with van der Waals surface area (Å²) in [6.07, 6.45) is 1.97. The van der Waals surface area contributed by atoms with Crippen LogP contribution in [0, 0.1) is 0 Å². The Hall–Kier alpha value is -1.81.